The van der Waals surface area contributed by atoms with E-state index in [9.17, 15) is 9.59 Å². The zero-order chi connectivity index (χ0) is 22.8. The standard InChI is InChI=1S/C25H30N4O4/c1-2-27-9-11-28(12-10-27)21-6-4-3-5-20(21)26-25(31)18-15-24(30)29(17-18)19-7-8-22-23(16-19)33-14-13-32-22/h3-8,16,18H,2,9-15,17H2,1H3,(H,26,31)/t18-/m0/s1. The number of likely N-dealkylation sites (N-methyl/N-ethyl adjacent to an activating group) is 1. The first-order valence-corrected chi connectivity index (χ1v) is 11.7. The van der Waals surface area contributed by atoms with Gasteiger partial charge in [0, 0.05) is 50.9 Å². The van der Waals surface area contributed by atoms with Crippen molar-refractivity contribution in [2.75, 3.05) is 67.6 Å². The average molecular weight is 451 g/mol. The molecule has 3 heterocycles. The summed E-state index contributed by atoms with van der Waals surface area (Å²) in [5.74, 6) is 0.730. The van der Waals surface area contributed by atoms with Gasteiger partial charge in [0.05, 0.1) is 17.3 Å². The van der Waals surface area contributed by atoms with Crippen LogP contribution in [0.25, 0.3) is 0 Å². The highest BCUT2D eigenvalue weighted by atomic mass is 16.6. The number of benzene rings is 2. The van der Waals surface area contributed by atoms with Crippen LogP contribution in [-0.4, -0.2) is 69.2 Å². The summed E-state index contributed by atoms with van der Waals surface area (Å²) in [5, 5.41) is 3.10. The van der Waals surface area contributed by atoms with Crippen LogP contribution in [0.2, 0.25) is 0 Å². The lowest BCUT2D eigenvalue weighted by Gasteiger charge is -2.36. The first-order chi connectivity index (χ1) is 16.1. The van der Waals surface area contributed by atoms with Crippen molar-refractivity contribution in [2.45, 2.75) is 13.3 Å². The second-order valence-electron chi connectivity index (χ2n) is 8.66. The second kappa shape index (κ2) is 9.31. The SMILES string of the molecule is CCN1CCN(c2ccccc2NC(=O)[C@H]2CC(=O)N(c3ccc4c(c3)OCCO4)C2)CC1. The molecule has 0 saturated carbocycles. The highest BCUT2D eigenvalue weighted by molar-refractivity contribution is 6.04. The topological polar surface area (TPSA) is 74.4 Å². The summed E-state index contributed by atoms with van der Waals surface area (Å²) in [6.07, 6.45) is 0.192. The van der Waals surface area contributed by atoms with E-state index in [0.29, 0.717) is 31.3 Å². The van der Waals surface area contributed by atoms with Crippen LogP contribution in [0.4, 0.5) is 17.1 Å². The molecule has 0 bridgehead atoms. The van der Waals surface area contributed by atoms with Crippen molar-refractivity contribution in [1.29, 1.82) is 0 Å². The number of fused-ring (bicyclic) bond motifs is 1. The molecule has 0 radical (unpaired) electrons. The van der Waals surface area contributed by atoms with Crippen LogP contribution in [-0.2, 0) is 9.59 Å². The Morgan fingerprint density at radius 2 is 1.79 bits per heavy atom. The predicted molar refractivity (Wildman–Crippen MR) is 127 cm³/mol. The zero-order valence-electron chi connectivity index (χ0n) is 19.0. The fraction of sp³-hybridized carbons (Fsp3) is 0.440. The van der Waals surface area contributed by atoms with Gasteiger partial charge in [-0.3, -0.25) is 9.59 Å². The van der Waals surface area contributed by atoms with Gasteiger partial charge in [-0.05, 0) is 30.8 Å². The van der Waals surface area contributed by atoms with Crippen molar-refractivity contribution >= 4 is 28.9 Å². The summed E-state index contributed by atoms with van der Waals surface area (Å²) in [6, 6.07) is 13.4. The average Bonchev–Trinajstić information content (AvgIpc) is 3.26. The molecule has 2 aromatic carbocycles. The maximum Gasteiger partial charge on any atom is 0.229 e. The van der Waals surface area contributed by atoms with Gasteiger partial charge in [-0.1, -0.05) is 19.1 Å². The first kappa shape index (κ1) is 21.6. The van der Waals surface area contributed by atoms with Crippen LogP contribution in [0.1, 0.15) is 13.3 Å². The molecule has 1 N–H and O–H groups in total. The number of ether oxygens (including phenoxy) is 2. The Morgan fingerprint density at radius 1 is 1.03 bits per heavy atom. The molecule has 2 amide bonds. The lowest BCUT2D eigenvalue weighted by Crippen LogP contribution is -2.46. The van der Waals surface area contributed by atoms with Crippen LogP contribution >= 0.6 is 0 Å². The highest BCUT2D eigenvalue weighted by Crippen LogP contribution is 2.36. The Bertz CT molecular complexity index is 1030. The molecule has 2 aromatic rings. The molecule has 0 unspecified atom stereocenters. The summed E-state index contributed by atoms with van der Waals surface area (Å²) in [6.45, 7) is 8.49. The van der Waals surface area contributed by atoms with Crippen molar-refractivity contribution in [2.24, 2.45) is 5.92 Å². The van der Waals surface area contributed by atoms with Gasteiger partial charge in [0.25, 0.3) is 0 Å². The van der Waals surface area contributed by atoms with Gasteiger partial charge in [-0.15, -0.1) is 0 Å². The molecule has 1 atom stereocenters. The fourth-order valence-electron chi connectivity index (χ4n) is 4.73. The van der Waals surface area contributed by atoms with Crippen LogP contribution < -0.4 is 24.6 Å². The number of carbonyl (C=O) groups is 2. The molecular weight excluding hydrogens is 420 g/mol. The summed E-state index contributed by atoms with van der Waals surface area (Å²) in [4.78, 5) is 32.3. The van der Waals surface area contributed by atoms with Crippen LogP contribution in [0, 0.1) is 5.92 Å². The Morgan fingerprint density at radius 3 is 2.58 bits per heavy atom. The van der Waals surface area contributed by atoms with Crippen LogP contribution in [0.15, 0.2) is 42.5 Å². The predicted octanol–water partition coefficient (Wildman–Crippen LogP) is 2.59. The Balaban J connectivity index is 1.26. The van der Waals surface area contributed by atoms with Crippen molar-refractivity contribution in [3.63, 3.8) is 0 Å². The third kappa shape index (κ3) is 4.48. The van der Waals surface area contributed by atoms with Gasteiger partial charge in [0.15, 0.2) is 11.5 Å². The number of hydrogen-bond donors (Lipinski definition) is 1. The van der Waals surface area contributed by atoms with Gasteiger partial charge in [-0.25, -0.2) is 0 Å². The number of carbonyl (C=O) groups excluding carboxylic acids is 2. The first-order valence-electron chi connectivity index (χ1n) is 11.7. The number of anilines is 3. The molecule has 0 spiro atoms. The number of rotatable bonds is 5. The fourth-order valence-corrected chi connectivity index (χ4v) is 4.73. The summed E-state index contributed by atoms with van der Waals surface area (Å²) in [7, 11) is 0. The molecule has 8 heteroatoms. The molecule has 33 heavy (non-hydrogen) atoms. The second-order valence-corrected chi connectivity index (χ2v) is 8.66. The molecule has 0 aliphatic carbocycles. The third-order valence-corrected chi connectivity index (χ3v) is 6.66. The maximum atomic E-state index is 13.1. The largest absolute Gasteiger partial charge is 0.486 e. The Hall–Kier alpha value is -3.26. The molecule has 3 aliphatic heterocycles. The van der Waals surface area contributed by atoms with Gasteiger partial charge >= 0.3 is 0 Å². The summed E-state index contributed by atoms with van der Waals surface area (Å²) < 4.78 is 11.2. The van der Waals surface area contributed by atoms with Crippen molar-refractivity contribution in [3.8, 4) is 11.5 Å². The van der Waals surface area contributed by atoms with Gasteiger partial charge < -0.3 is 29.5 Å². The minimum Gasteiger partial charge on any atom is -0.486 e. The summed E-state index contributed by atoms with van der Waals surface area (Å²) in [5.41, 5.74) is 2.57. The minimum absolute atomic E-state index is 0.0594. The Labute approximate surface area is 194 Å². The third-order valence-electron chi connectivity index (χ3n) is 6.66. The smallest absolute Gasteiger partial charge is 0.229 e. The van der Waals surface area contributed by atoms with Crippen molar-refractivity contribution < 1.29 is 19.1 Å². The van der Waals surface area contributed by atoms with Gasteiger partial charge in [-0.2, -0.15) is 0 Å². The Kier molecular flexibility index (Phi) is 6.09. The van der Waals surface area contributed by atoms with E-state index >= 15 is 0 Å². The van der Waals surface area contributed by atoms with Crippen molar-refractivity contribution in [3.05, 3.63) is 42.5 Å². The number of nitrogens with zero attached hydrogens (tertiary/aromatic N) is 3. The van der Waals surface area contributed by atoms with E-state index in [1.165, 1.54) is 0 Å². The molecule has 8 nitrogen and oxygen atoms in total. The minimum atomic E-state index is -0.407. The molecule has 3 aliphatic rings. The normalized spacial score (nSPS) is 20.8. The maximum absolute atomic E-state index is 13.1. The zero-order valence-corrected chi connectivity index (χ0v) is 19.0. The number of hydrogen-bond acceptors (Lipinski definition) is 6. The van der Waals surface area contributed by atoms with Gasteiger partial charge in [0.2, 0.25) is 11.8 Å². The quantitative estimate of drug-likeness (QED) is 0.755. The molecule has 5 rings (SSSR count). The molecule has 2 saturated heterocycles. The molecular formula is C25H30N4O4. The number of amides is 2. The van der Waals surface area contributed by atoms with Crippen molar-refractivity contribution in [1.82, 2.24) is 4.90 Å². The van der Waals surface area contributed by atoms with E-state index in [1.54, 1.807) is 4.90 Å². The molecule has 2 fully saturated rings. The van der Waals surface area contributed by atoms with Crippen LogP contribution in [0.5, 0.6) is 11.5 Å². The van der Waals surface area contributed by atoms with E-state index in [-0.39, 0.29) is 18.2 Å². The van der Waals surface area contributed by atoms with E-state index in [0.717, 1.165) is 49.8 Å². The lowest BCUT2D eigenvalue weighted by molar-refractivity contribution is -0.122. The van der Waals surface area contributed by atoms with E-state index in [4.69, 9.17) is 9.47 Å². The molecule has 0 aromatic heterocycles. The van der Waals surface area contributed by atoms with Crippen LogP contribution in [0.3, 0.4) is 0 Å². The van der Waals surface area contributed by atoms with E-state index < -0.39 is 5.92 Å². The highest BCUT2D eigenvalue weighted by Gasteiger charge is 2.36. The number of para-hydroxylation sites is 2. The number of nitrogens with one attached hydrogen (secondary N) is 1. The molecule has 174 valence electrons. The van der Waals surface area contributed by atoms with E-state index in [1.807, 2.05) is 36.4 Å². The van der Waals surface area contributed by atoms with E-state index in [2.05, 4.69) is 28.1 Å². The summed E-state index contributed by atoms with van der Waals surface area (Å²) >= 11 is 0. The lowest BCUT2D eigenvalue weighted by atomic mass is 10.1. The number of piperazine rings is 1. The van der Waals surface area contributed by atoms with Gasteiger partial charge in [0.1, 0.15) is 13.2 Å². The monoisotopic (exact) mass is 450 g/mol.